The SMILES string of the molecule is Fc1cc(F)c(-c2c(Cl)nc3ncnn3c2[C@@H]2CCCC[C@@H]2F)c(F)c1. The fourth-order valence-corrected chi connectivity index (χ4v) is 3.85. The highest BCUT2D eigenvalue weighted by Gasteiger charge is 2.34. The van der Waals surface area contributed by atoms with E-state index in [0.717, 1.165) is 12.8 Å². The highest BCUT2D eigenvalue weighted by Crippen LogP contribution is 2.43. The van der Waals surface area contributed by atoms with Crippen LogP contribution < -0.4 is 0 Å². The van der Waals surface area contributed by atoms with E-state index in [4.69, 9.17) is 11.6 Å². The topological polar surface area (TPSA) is 43.1 Å². The molecule has 136 valence electrons. The lowest BCUT2D eigenvalue weighted by Crippen LogP contribution is -2.23. The van der Waals surface area contributed by atoms with Gasteiger partial charge in [-0.05, 0) is 12.8 Å². The number of halogens is 5. The third-order valence-electron chi connectivity index (χ3n) is 4.71. The van der Waals surface area contributed by atoms with Crippen molar-refractivity contribution < 1.29 is 17.6 Å². The number of benzene rings is 1. The van der Waals surface area contributed by atoms with Gasteiger partial charge in [0.2, 0.25) is 0 Å². The van der Waals surface area contributed by atoms with Crippen LogP contribution in [0.15, 0.2) is 18.5 Å². The van der Waals surface area contributed by atoms with Crippen molar-refractivity contribution in [1.82, 2.24) is 19.6 Å². The predicted molar refractivity (Wildman–Crippen MR) is 87.2 cm³/mol. The Balaban J connectivity index is 2.06. The predicted octanol–water partition coefficient (Wildman–Crippen LogP) is 4.86. The number of hydrogen-bond donors (Lipinski definition) is 0. The summed E-state index contributed by atoms with van der Waals surface area (Å²) in [6.45, 7) is 0. The first-order valence-corrected chi connectivity index (χ1v) is 8.53. The standard InChI is InChI=1S/C17H13ClF4N4/c18-16-14(13-11(21)5-8(19)6-12(13)22)15(9-3-1-2-4-10(9)20)26-17(25-16)23-7-24-26/h5-7,9-10H,1-4H2/t9-,10+/m1/s1. The third-order valence-corrected chi connectivity index (χ3v) is 4.98. The molecule has 3 aromatic rings. The van der Waals surface area contributed by atoms with Crippen molar-refractivity contribution in [3.05, 3.63) is 46.8 Å². The molecule has 0 amide bonds. The molecule has 1 fully saturated rings. The highest BCUT2D eigenvalue weighted by atomic mass is 35.5. The van der Waals surface area contributed by atoms with E-state index in [1.165, 1.54) is 10.8 Å². The van der Waals surface area contributed by atoms with Gasteiger partial charge in [0.15, 0.2) is 0 Å². The van der Waals surface area contributed by atoms with E-state index in [1.807, 2.05) is 0 Å². The zero-order valence-electron chi connectivity index (χ0n) is 13.4. The van der Waals surface area contributed by atoms with Crippen LogP contribution in [0.1, 0.15) is 37.3 Å². The maximum Gasteiger partial charge on any atom is 0.253 e. The Labute approximate surface area is 150 Å². The van der Waals surface area contributed by atoms with Gasteiger partial charge < -0.3 is 0 Å². The maximum atomic E-state index is 14.7. The molecule has 1 aromatic carbocycles. The lowest BCUT2D eigenvalue weighted by atomic mass is 9.82. The summed E-state index contributed by atoms with van der Waals surface area (Å²) in [5.41, 5.74) is -0.461. The second-order valence-electron chi connectivity index (χ2n) is 6.29. The summed E-state index contributed by atoms with van der Waals surface area (Å²) < 4.78 is 58.2. The van der Waals surface area contributed by atoms with Gasteiger partial charge in [-0.25, -0.2) is 22.1 Å². The molecule has 4 nitrogen and oxygen atoms in total. The van der Waals surface area contributed by atoms with Crippen LogP contribution in [0, 0.1) is 17.5 Å². The average Bonchev–Trinajstić information content (AvgIpc) is 3.03. The second kappa shape index (κ2) is 6.50. The van der Waals surface area contributed by atoms with Gasteiger partial charge in [0.1, 0.15) is 35.1 Å². The minimum absolute atomic E-state index is 0.106. The molecule has 26 heavy (non-hydrogen) atoms. The largest absolute Gasteiger partial charge is 0.253 e. The Morgan fingerprint density at radius 2 is 1.73 bits per heavy atom. The Morgan fingerprint density at radius 3 is 2.42 bits per heavy atom. The van der Waals surface area contributed by atoms with Gasteiger partial charge >= 0.3 is 0 Å². The van der Waals surface area contributed by atoms with Crippen LogP contribution in [0.5, 0.6) is 0 Å². The maximum absolute atomic E-state index is 14.7. The van der Waals surface area contributed by atoms with Crippen LogP contribution in [-0.4, -0.2) is 25.8 Å². The van der Waals surface area contributed by atoms with Crippen LogP contribution in [0.4, 0.5) is 17.6 Å². The molecular weight excluding hydrogens is 372 g/mol. The molecule has 4 rings (SSSR count). The second-order valence-corrected chi connectivity index (χ2v) is 6.64. The van der Waals surface area contributed by atoms with Crippen molar-refractivity contribution in [3.63, 3.8) is 0 Å². The Bertz CT molecular complexity index is 967. The van der Waals surface area contributed by atoms with Crippen molar-refractivity contribution in [3.8, 4) is 11.1 Å². The summed E-state index contributed by atoms with van der Waals surface area (Å²) in [5, 5.41) is 3.80. The van der Waals surface area contributed by atoms with E-state index < -0.39 is 35.1 Å². The molecule has 1 saturated carbocycles. The van der Waals surface area contributed by atoms with Crippen molar-refractivity contribution in [1.29, 1.82) is 0 Å². The van der Waals surface area contributed by atoms with Crippen LogP contribution >= 0.6 is 11.6 Å². The Hall–Kier alpha value is -2.22. The molecule has 0 unspecified atom stereocenters. The summed E-state index contributed by atoms with van der Waals surface area (Å²) in [6.07, 6.45) is 2.27. The number of rotatable bonds is 2. The fraction of sp³-hybridized carbons (Fsp3) is 0.353. The number of fused-ring (bicyclic) bond motifs is 1. The summed E-state index contributed by atoms with van der Waals surface area (Å²) in [7, 11) is 0. The first-order chi connectivity index (χ1) is 12.5. The van der Waals surface area contributed by atoms with E-state index in [-0.39, 0.29) is 22.2 Å². The normalized spacial score (nSPS) is 20.7. The monoisotopic (exact) mass is 384 g/mol. The number of alkyl halides is 1. The van der Waals surface area contributed by atoms with Crippen molar-refractivity contribution in [2.24, 2.45) is 0 Å². The van der Waals surface area contributed by atoms with Crippen LogP contribution in [-0.2, 0) is 0 Å². The molecule has 2 aromatic heterocycles. The van der Waals surface area contributed by atoms with Crippen molar-refractivity contribution in [2.75, 3.05) is 0 Å². The van der Waals surface area contributed by atoms with Gasteiger partial charge in [-0.2, -0.15) is 15.1 Å². The Kier molecular flexibility index (Phi) is 4.30. The molecule has 0 N–H and O–H groups in total. The minimum atomic E-state index is -1.22. The van der Waals surface area contributed by atoms with Gasteiger partial charge in [-0.3, -0.25) is 0 Å². The summed E-state index contributed by atoms with van der Waals surface area (Å²) in [6, 6.07) is 1.11. The van der Waals surface area contributed by atoms with E-state index >= 15 is 0 Å². The smallest absolute Gasteiger partial charge is 0.247 e. The molecule has 0 spiro atoms. The quantitative estimate of drug-likeness (QED) is 0.468. The number of nitrogens with zero attached hydrogens (tertiary/aromatic N) is 4. The molecule has 0 aliphatic heterocycles. The van der Waals surface area contributed by atoms with Crippen LogP contribution in [0.25, 0.3) is 16.9 Å². The molecule has 0 saturated heterocycles. The minimum Gasteiger partial charge on any atom is -0.247 e. The molecule has 9 heteroatoms. The summed E-state index contributed by atoms with van der Waals surface area (Å²) >= 11 is 6.21. The molecule has 2 heterocycles. The Morgan fingerprint density at radius 1 is 1.04 bits per heavy atom. The molecule has 1 aliphatic carbocycles. The van der Waals surface area contributed by atoms with Crippen LogP contribution in [0.3, 0.4) is 0 Å². The fourth-order valence-electron chi connectivity index (χ4n) is 3.59. The first kappa shape index (κ1) is 17.2. The third kappa shape index (κ3) is 2.72. The zero-order chi connectivity index (χ0) is 18.4. The van der Waals surface area contributed by atoms with Crippen LogP contribution in [0.2, 0.25) is 5.15 Å². The van der Waals surface area contributed by atoms with E-state index in [0.29, 0.717) is 25.0 Å². The van der Waals surface area contributed by atoms with Crippen molar-refractivity contribution >= 4 is 17.4 Å². The first-order valence-electron chi connectivity index (χ1n) is 8.15. The number of hydrogen-bond acceptors (Lipinski definition) is 3. The number of aromatic nitrogens is 4. The average molecular weight is 385 g/mol. The van der Waals surface area contributed by atoms with Gasteiger partial charge in [0, 0.05) is 23.6 Å². The lowest BCUT2D eigenvalue weighted by Gasteiger charge is -2.28. The van der Waals surface area contributed by atoms with Gasteiger partial charge in [-0.15, -0.1) is 0 Å². The van der Waals surface area contributed by atoms with E-state index in [2.05, 4.69) is 15.1 Å². The van der Waals surface area contributed by atoms with E-state index in [1.54, 1.807) is 0 Å². The molecule has 0 bridgehead atoms. The van der Waals surface area contributed by atoms with Gasteiger partial charge in [-0.1, -0.05) is 24.4 Å². The zero-order valence-corrected chi connectivity index (χ0v) is 14.1. The molecule has 0 radical (unpaired) electrons. The molecule has 1 aliphatic rings. The van der Waals surface area contributed by atoms with Gasteiger partial charge in [0.05, 0.1) is 11.3 Å². The molecular formula is C17H13ClF4N4. The van der Waals surface area contributed by atoms with Gasteiger partial charge in [0.25, 0.3) is 5.78 Å². The van der Waals surface area contributed by atoms with Crippen molar-refractivity contribution in [2.45, 2.75) is 37.8 Å². The molecule has 2 atom stereocenters. The summed E-state index contributed by atoms with van der Waals surface area (Å²) in [5.74, 6) is -3.91. The summed E-state index contributed by atoms with van der Waals surface area (Å²) in [4.78, 5) is 7.94. The van der Waals surface area contributed by atoms with E-state index in [9.17, 15) is 17.6 Å². The highest BCUT2D eigenvalue weighted by molar-refractivity contribution is 6.32. The lowest BCUT2D eigenvalue weighted by molar-refractivity contribution is 0.212.